The molecule has 0 N–H and O–H groups in total. The van der Waals surface area contributed by atoms with E-state index in [0.717, 1.165) is 35.9 Å². The van der Waals surface area contributed by atoms with Crippen molar-refractivity contribution in [3.63, 3.8) is 0 Å². The fraction of sp³-hybridized carbons (Fsp3) is 0.545. The third kappa shape index (κ3) is 5.70. The van der Waals surface area contributed by atoms with Gasteiger partial charge in [0.1, 0.15) is 8.07 Å². The summed E-state index contributed by atoms with van der Waals surface area (Å²) in [5, 5.41) is 0. The van der Waals surface area contributed by atoms with Crippen molar-refractivity contribution in [1.29, 1.82) is 0 Å². The lowest BCUT2D eigenvalue weighted by Gasteiger charge is -2.38. The molecule has 0 aliphatic heterocycles. The second-order valence-corrected chi connectivity index (χ2v) is 13.0. The average molecular weight is 327 g/mol. The van der Waals surface area contributed by atoms with Crippen molar-refractivity contribution in [2.24, 2.45) is 0 Å². The predicted octanol–water partition coefficient (Wildman–Crippen LogP) is 7.09. The highest BCUT2D eigenvalue weighted by molar-refractivity contribution is 6.90. The Morgan fingerprint density at radius 2 is 1.48 bits per heavy atom. The number of hydrogen-bond acceptors (Lipinski definition) is 0. The second kappa shape index (κ2) is 9.78. The van der Waals surface area contributed by atoms with Gasteiger partial charge in [0.2, 0.25) is 0 Å². The molecule has 1 heteroatoms. The standard InChI is InChI=1S/C22H34Si/c1-19(2)23(20(3)4,21(5)6)18-14-9-7-8-11-15-22-16-12-10-13-17-22/h10-13,15-17,19-21H,7-9H2,1-6H3/b15-11+. The zero-order valence-electron chi connectivity index (χ0n) is 15.9. The van der Waals surface area contributed by atoms with Crippen LogP contribution in [-0.4, -0.2) is 8.07 Å². The van der Waals surface area contributed by atoms with Gasteiger partial charge in [0, 0.05) is 6.42 Å². The minimum Gasteiger partial charge on any atom is -0.130 e. The second-order valence-electron chi connectivity index (χ2n) is 7.40. The van der Waals surface area contributed by atoms with Crippen LogP contribution in [0.3, 0.4) is 0 Å². The van der Waals surface area contributed by atoms with Crippen molar-refractivity contribution in [3.8, 4) is 11.5 Å². The summed E-state index contributed by atoms with van der Waals surface area (Å²) in [6.45, 7) is 14.3. The van der Waals surface area contributed by atoms with Crippen molar-refractivity contribution < 1.29 is 0 Å². The molecule has 0 saturated carbocycles. The van der Waals surface area contributed by atoms with E-state index in [2.05, 4.69) is 95.5 Å². The summed E-state index contributed by atoms with van der Waals surface area (Å²) in [6.07, 6.45) is 7.79. The summed E-state index contributed by atoms with van der Waals surface area (Å²) in [4.78, 5) is 0. The van der Waals surface area contributed by atoms with Crippen molar-refractivity contribution >= 4 is 14.1 Å². The van der Waals surface area contributed by atoms with Crippen LogP contribution in [0.4, 0.5) is 0 Å². The molecule has 0 atom stereocenters. The fourth-order valence-electron chi connectivity index (χ4n) is 3.74. The summed E-state index contributed by atoms with van der Waals surface area (Å²) in [5.41, 5.74) is 7.28. The maximum atomic E-state index is 3.80. The Labute approximate surface area is 145 Å². The van der Waals surface area contributed by atoms with E-state index in [1.807, 2.05) is 0 Å². The van der Waals surface area contributed by atoms with E-state index in [1.54, 1.807) is 0 Å². The van der Waals surface area contributed by atoms with Gasteiger partial charge < -0.3 is 0 Å². The molecule has 0 aliphatic carbocycles. The smallest absolute Gasteiger partial charge is 0.130 e. The van der Waals surface area contributed by atoms with E-state index < -0.39 is 8.07 Å². The Morgan fingerprint density at radius 3 is 2.00 bits per heavy atom. The molecular weight excluding hydrogens is 292 g/mol. The highest BCUT2D eigenvalue weighted by Gasteiger charge is 2.41. The third-order valence-corrected chi connectivity index (χ3v) is 11.3. The van der Waals surface area contributed by atoms with Gasteiger partial charge in [-0.1, -0.05) is 84.0 Å². The van der Waals surface area contributed by atoms with Gasteiger partial charge in [0.25, 0.3) is 0 Å². The first kappa shape index (κ1) is 19.8. The zero-order valence-corrected chi connectivity index (χ0v) is 16.9. The number of benzene rings is 1. The molecular formula is C22H34Si. The van der Waals surface area contributed by atoms with Crippen LogP contribution < -0.4 is 0 Å². The first-order valence-electron chi connectivity index (χ1n) is 9.12. The van der Waals surface area contributed by atoms with Gasteiger partial charge >= 0.3 is 0 Å². The first-order chi connectivity index (χ1) is 10.9. The van der Waals surface area contributed by atoms with Crippen molar-refractivity contribution in [3.05, 3.63) is 42.0 Å². The molecule has 0 bridgehead atoms. The molecule has 0 unspecified atom stereocenters. The van der Waals surface area contributed by atoms with E-state index in [9.17, 15) is 0 Å². The normalized spacial score (nSPS) is 12.2. The molecule has 0 amide bonds. The van der Waals surface area contributed by atoms with Gasteiger partial charge in [-0.2, -0.15) is 0 Å². The van der Waals surface area contributed by atoms with Crippen molar-refractivity contribution in [1.82, 2.24) is 0 Å². The maximum absolute atomic E-state index is 3.80. The Hall–Kier alpha value is -1.26. The Balaban J connectivity index is 2.54. The number of unbranched alkanes of at least 4 members (excludes halogenated alkanes) is 2. The quantitative estimate of drug-likeness (QED) is 0.285. The zero-order chi connectivity index (χ0) is 17.3. The monoisotopic (exact) mass is 326 g/mol. The fourth-order valence-corrected chi connectivity index (χ4v) is 9.04. The van der Waals surface area contributed by atoms with Gasteiger partial charge in [0.05, 0.1) is 0 Å². The van der Waals surface area contributed by atoms with Gasteiger partial charge in [0.15, 0.2) is 0 Å². The molecule has 23 heavy (non-hydrogen) atoms. The summed E-state index contributed by atoms with van der Waals surface area (Å²) in [5.74, 6) is 3.55. The minimum atomic E-state index is -1.53. The minimum absolute atomic E-state index is 0.730. The summed E-state index contributed by atoms with van der Waals surface area (Å²) in [6, 6.07) is 10.5. The molecule has 126 valence electrons. The molecule has 0 fully saturated rings. The van der Waals surface area contributed by atoms with Crippen LogP contribution in [0.5, 0.6) is 0 Å². The average Bonchev–Trinajstić information content (AvgIpc) is 2.50. The summed E-state index contributed by atoms with van der Waals surface area (Å²) in [7, 11) is -1.53. The Bertz CT molecular complexity index is 504. The van der Waals surface area contributed by atoms with Crippen molar-refractivity contribution in [2.75, 3.05) is 0 Å². The van der Waals surface area contributed by atoms with E-state index in [0.29, 0.717) is 0 Å². The maximum Gasteiger partial charge on any atom is 0.145 e. The van der Waals surface area contributed by atoms with E-state index in [-0.39, 0.29) is 0 Å². The lowest BCUT2D eigenvalue weighted by Crippen LogP contribution is -2.43. The Morgan fingerprint density at radius 1 is 0.913 bits per heavy atom. The van der Waals surface area contributed by atoms with Gasteiger partial charge in [-0.05, 0) is 35.0 Å². The van der Waals surface area contributed by atoms with Gasteiger partial charge in [-0.25, -0.2) is 0 Å². The molecule has 1 aromatic carbocycles. The third-order valence-electron chi connectivity index (χ3n) is 4.95. The molecule has 1 aromatic rings. The molecule has 1 rings (SSSR count). The Kier molecular flexibility index (Phi) is 8.41. The number of hydrogen-bond donors (Lipinski definition) is 0. The SMILES string of the molecule is CC(C)[Si](C#CCCC/C=C/c1ccccc1)(C(C)C)C(C)C. The molecule has 0 aliphatic rings. The van der Waals surface area contributed by atoms with E-state index in [1.165, 1.54) is 5.56 Å². The lowest BCUT2D eigenvalue weighted by atomic mass is 10.2. The molecule has 0 radical (unpaired) electrons. The summed E-state index contributed by atoms with van der Waals surface area (Å²) >= 11 is 0. The highest BCUT2D eigenvalue weighted by Crippen LogP contribution is 2.40. The molecule has 0 saturated heterocycles. The van der Waals surface area contributed by atoms with Crippen LogP contribution in [0.15, 0.2) is 36.4 Å². The van der Waals surface area contributed by atoms with Crippen LogP contribution in [-0.2, 0) is 0 Å². The topological polar surface area (TPSA) is 0 Å². The first-order valence-corrected chi connectivity index (χ1v) is 11.4. The largest absolute Gasteiger partial charge is 0.145 e. The van der Waals surface area contributed by atoms with Gasteiger partial charge in [-0.15, -0.1) is 11.5 Å². The molecule has 0 aromatic heterocycles. The molecule has 0 nitrogen and oxygen atoms in total. The molecule has 0 heterocycles. The van der Waals surface area contributed by atoms with E-state index >= 15 is 0 Å². The number of rotatable bonds is 7. The molecule has 0 spiro atoms. The predicted molar refractivity (Wildman–Crippen MR) is 108 cm³/mol. The van der Waals surface area contributed by atoms with Crippen molar-refractivity contribution in [2.45, 2.75) is 77.4 Å². The van der Waals surface area contributed by atoms with Crippen LogP contribution in [0.1, 0.15) is 66.4 Å². The lowest BCUT2D eigenvalue weighted by molar-refractivity contribution is 0.837. The van der Waals surface area contributed by atoms with Crippen LogP contribution in [0.2, 0.25) is 16.6 Å². The highest BCUT2D eigenvalue weighted by atomic mass is 28.3. The number of allylic oxidation sites excluding steroid dienone is 1. The summed E-state index contributed by atoms with van der Waals surface area (Å²) < 4.78 is 0. The van der Waals surface area contributed by atoms with Crippen LogP contribution >= 0.6 is 0 Å². The van der Waals surface area contributed by atoms with Gasteiger partial charge in [-0.3, -0.25) is 0 Å². The van der Waals surface area contributed by atoms with E-state index in [4.69, 9.17) is 0 Å². The van der Waals surface area contributed by atoms with Crippen LogP contribution in [0, 0.1) is 11.5 Å². The van der Waals surface area contributed by atoms with Crippen LogP contribution in [0.25, 0.3) is 6.08 Å².